The number of rotatable bonds is 20. The van der Waals surface area contributed by atoms with E-state index >= 15 is 0 Å². The van der Waals surface area contributed by atoms with Crippen LogP contribution in [0.2, 0.25) is 0 Å². The van der Waals surface area contributed by atoms with Crippen molar-refractivity contribution in [2.45, 2.75) is 48.7 Å². The van der Waals surface area contributed by atoms with Gasteiger partial charge in [0.15, 0.2) is 54.6 Å². The molecule has 0 saturated carbocycles. The number of para-hydroxylation sites is 2. The molecule has 0 aliphatic carbocycles. The molecule has 6 aromatic heterocycles. The maximum atomic E-state index is 13.4. The van der Waals surface area contributed by atoms with Crippen LogP contribution in [0.3, 0.4) is 0 Å². The molecule has 0 fully saturated rings. The molecule has 0 saturated heterocycles. The number of ether oxygens (including phenoxy) is 6. The van der Waals surface area contributed by atoms with Gasteiger partial charge in [0.1, 0.15) is 57.5 Å². The molecule has 0 spiro atoms. The number of nitrogens with zero attached hydrogens (tertiary/aromatic N) is 12. The van der Waals surface area contributed by atoms with Crippen molar-refractivity contribution in [1.82, 2.24) is 59.4 Å². The molecule has 74 heavy (non-hydrogen) atoms. The van der Waals surface area contributed by atoms with Crippen molar-refractivity contribution in [3.05, 3.63) is 133 Å². The predicted molar refractivity (Wildman–Crippen MR) is 264 cm³/mol. The molecule has 6 heterocycles. The molecule has 0 unspecified atom stereocenters. The lowest BCUT2D eigenvalue weighted by molar-refractivity contribution is 0.390. The number of sulfone groups is 2. The fourth-order valence-corrected chi connectivity index (χ4v) is 9.86. The van der Waals surface area contributed by atoms with Gasteiger partial charge in [-0.25, -0.2) is 55.5 Å². The van der Waals surface area contributed by atoms with E-state index in [1.165, 1.54) is 42.7 Å². The first-order valence-electron chi connectivity index (χ1n) is 22.2. The molecule has 388 valence electrons. The molecule has 0 radical (unpaired) electrons. The lowest BCUT2D eigenvalue weighted by atomic mass is 10.2. The van der Waals surface area contributed by atoms with Crippen molar-refractivity contribution < 1.29 is 54.0 Å². The van der Waals surface area contributed by atoms with Crippen molar-refractivity contribution >= 4 is 19.7 Å². The number of pyridine rings is 2. The summed E-state index contributed by atoms with van der Waals surface area (Å²) in [6.07, 6.45) is 7.11. The molecular weight excluding hydrogens is 1010 g/mol. The van der Waals surface area contributed by atoms with Crippen LogP contribution in [0, 0.1) is 11.6 Å². The molecule has 0 aliphatic heterocycles. The highest BCUT2D eigenvalue weighted by Crippen LogP contribution is 2.39. The molecule has 22 nitrogen and oxygen atoms in total. The monoisotopic (exact) mass is 1060 g/mol. The first-order valence-corrected chi connectivity index (χ1v) is 25.7. The van der Waals surface area contributed by atoms with Gasteiger partial charge in [0, 0.05) is 48.5 Å². The molecule has 2 atom stereocenters. The highest BCUT2D eigenvalue weighted by Gasteiger charge is 2.31. The van der Waals surface area contributed by atoms with Crippen molar-refractivity contribution in [1.29, 1.82) is 0 Å². The van der Waals surface area contributed by atoms with E-state index in [2.05, 4.69) is 50.3 Å². The van der Waals surface area contributed by atoms with Gasteiger partial charge in [-0.2, -0.15) is 0 Å². The predicted octanol–water partition coefficient (Wildman–Crippen LogP) is 5.66. The van der Waals surface area contributed by atoms with E-state index in [-0.39, 0.29) is 36.1 Å². The molecule has 2 aromatic carbocycles. The summed E-state index contributed by atoms with van der Waals surface area (Å²) in [5.41, 5.74) is 2.04. The van der Waals surface area contributed by atoms with Gasteiger partial charge in [0.25, 0.3) is 0 Å². The van der Waals surface area contributed by atoms with E-state index < -0.39 is 53.3 Å². The summed E-state index contributed by atoms with van der Waals surface area (Å²) in [6.45, 7) is 3.09. The Labute approximate surface area is 424 Å². The average molecular weight is 1060 g/mol. The average Bonchev–Trinajstić information content (AvgIpc) is 4.02. The number of halogens is 2. The molecule has 26 heteroatoms. The Hall–Kier alpha value is -8.26. The lowest BCUT2D eigenvalue weighted by Gasteiger charge is -2.18. The van der Waals surface area contributed by atoms with Gasteiger partial charge in [0.2, 0.25) is 11.8 Å². The van der Waals surface area contributed by atoms with E-state index in [9.17, 15) is 25.6 Å². The minimum absolute atomic E-state index is 0.00312. The molecule has 0 bridgehead atoms. The normalized spacial score (nSPS) is 12.2. The van der Waals surface area contributed by atoms with Crippen LogP contribution in [0.25, 0.3) is 34.2 Å². The van der Waals surface area contributed by atoms with E-state index in [0.717, 1.165) is 24.8 Å². The van der Waals surface area contributed by atoms with Gasteiger partial charge in [-0.3, -0.25) is 9.13 Å². The van der Waals surface area contributed by atoms with Crippen molar-refractivity contribution in [2.24, 2.45) is 0 Å². The number of hydrogen-bond acceptors (Lipinski definition) is 20. The van der Waals surface area contributed by atoms with E-state index in [0.29, 0.717) is 68.9 Å². The fourth-order valence-electron chi connectivity index (χ4n) is 7.39. The Morgan fingerprint density at radius 2 is 0.824 bits per heavy atom. The summed E-state index contributed by atoms with van der Waals surface area (Å²) < 4.78 is 116. The van der Waals surface area contributed by atoms with Gasteiger partial charge in [-0.15, -0.1) is 20.4 Å². The van der Waals surface area contributed by atoms with Crippen LogP contribution in [0.15, 0.2) is 97.8 Å². The third-order valence-electron chi connectivity index (χ3n) is 11.3. The van der Waals surface area contributed by atoms with Crippen LogP contribution in [0.5, 0.6) is 34.8 Å². The molecule has 8 rings (SSSR count). The zero-order valence-corrected chi connectivity index (χ0v) is 42.9. The fraction of sp³-hybridized carbons (Fsp3) is 0.292. The van der Waals surface area contributed by atoms with Crippen LogP contribution in [0.4, 0.5) is 8.78 Å². The molecule has 8 aromatic rings. The number of benzene rings is 2. The van der Waals surface area contributed by atoms with Crippen LogP contribution < -0.4 is 28.4 Å². The second-order valence-corrected chi connectivity index (χ2v) is 20.9. The highest BCUT2D eigenvalue weighted by molar-refractivity contribution is 7.91. The van der Waals surface area contributed by atoms with Crippen molar-refractivity contribution in [3.63, 3.8) is 0 Å². The zero-order valence-electron chi connectivity index (χ0n) is 41.2. The molecular formula is C48H50F2N12O10S2. The largest absolute Gasteiger partial charge is 0.494 e. The van der Waals surface area contributed by atoms with Gasteiger partial charge in [-0.1, -0.05) is 12.1 Å². The van der Waals surface area contributed by atoms with Gasteiger partial charge < -0.3 is 28.4 Å². The number of methoxy groups -OCH3 is 6. The summed E-state index contributed by atoms with van der Waals surface area (Å²) in [5, 5.41) is 15.3. The Kier molecular flexibility index (Phi) is 17.0. The summed E-state index contributed by atoms with van der Waals surface area (Å²) in [5.74, 6) is 1.68. The molecule has 0 aliphatic rings. The Balaban J connectivity index is 0.000000216. The smallest absolute Gasteiger partial charge is 0.213 e. The van der Waals surface area contributed by atoms with Crippen molar-refractivity contribution in [3.8, 4) is 68.9 Å². The quantitative estimate of drug-likeness (QED) is 0.0891. The first-order chi connectivity index (χ1) is 35.5. The third-order valence-corrected chi connectivity index (χ3v) is 15.4. The summed E-state index contributed by atoms with van der Waals surface area (Å²) in [6, 6.07) is 17.1. The van der Waals surface area contributed by atoms with E-state index in [1.54, 1.807) is 96.0 Å². The second kappa shape index (κ2) is 23.5. The highest BCUT2D eigenvalue weighted by atomic mass is 32.2. The SMILES string of the molecule is COc1cc(-c2nnc(CS(=O)(=O)[C@@H](C)Cc3ncc(F)cn3)n2-c2c(OC)cccc2OC)ccn1.COc1cc(-c2nnc(CS(=O)(=O)[C@H](C)Cc3ncc(F)cn3)n2-c2c(OC)cccc2OC)ccn1. The Bertz CT molecular complexity index is 3170. The maximum Gasteiger partial charge on any atom is 0.213 e. The zero-order chi connectivity index (χ0) is 53.2. The molecule has 0 N–H and O–H groups in total. The van der Waals surface area contributed by atoms with Gasteiger partial charge >= 0.3 is 0 Å². The number of hydrogen-bond donors (Lipinski definition) is 0. The summed E-state index contributed by atoms with van der Waals surface area (Å²) >= 11 is 0. The van der Waals surface area contributed by atoms with Crippen LogP contribution in [-0.2, 0) is 44.0 Å². The summed E-state index contributed by atoms with van der Waals surface area (Å²) in [4.78, 5) is 23.8. The maximum absolute atomic E-state index is 13.4. The van der Waals surface area contributed by atoms with Gasteiger partial charge in [0.05, 0.1) is 77.9 Å². The topological polar surface area (TPSA) is 262 Å². The standard InChI is InChI=1S/2C24H25FN6O5S/c2*1-15(10-20-27-12-17(25)13-28-20)37(32,33)14-21-29-30-24(16-8-9-26-22(11-16)36-4)31(21)23-18(34-2)6-5-7-19(23)35-3/h2*5-9,11-13,15H,10,14H2,1-4H3/t2*15-/m10/s1. The second-order valence-electron chi connectivity index (χ2n) is 16.0. The first kappa shape index (κ1) is 53.5. The number of aromatic nitrogens is 12. The minimum Gasteiger partial charge on any atom is -0.494 e. The lowest BCUT2D eigenvalue weighted by Crippen LogP contribution is -2.24. The Morgan fingerprint density at radius 3 is 1.14 bits per heavy atom. The van der Waals surface area contributed by atoms with Crippen LogP contribution in [-0.4, -0.2) is 129 Å². The minimum atomic E-state index is -3.79. The summed E-state index contributed by atoms with van der Waals surface area (Å²) in [7, 11) is 1.40. The van der Waals surface area contributed by atoms with E-state index in [1.807, 2.05) is 0 Å². The Morgan fingerprint density at radius 1 is 0.486 bits per heavy atom. The van der Waals surface area contributed by atoms with Gasteiger partial charge in [-0.05, 0) is 50.2 Å². The van der Waals surface area contributed by atoms with Crippen LogP contribution >= 0.6 is 0 Å². The third kappa shape index (κ3) is 12.1. The van der Waals surface area contributed by atoms with Crippen LogP contribution in [0.1, 0.15) is 37.1 Å². The van der Waals surface area contributed by atoms with E-state index in [4.69, 9.17) is 28.4 Å². The van der Waals surface area contributed by atoms with Crippen molar-refractivity contribution in [2.75, 3.05) is 42.7 Å². The molecule has 0 amide bonds.